The first-order valence-corrected chi connectivity index (χ1v) is 15.8. The van der Waals surface area contributed by atoms with Crippen LogP contribution in [-0.2, 0) is 4.74 Å². The molecule has 5 rings (SSSR count). The van der Waals surface area contributed by atoms with Crippen molar-refractivity contribution in [1.82, 2.24) is 15.5 Å². The summed E-state index contributed by atoms with van der Waals surface area (Å²) in [6, 6.07) is 19.3. The highest BCUT2D eigenvalue weighted by Crippen LogP contribution is 2.39. The lowest BCUT2D eigenvalue weighted by Gasteiger charge is -2.34. The second-order valence-electron chi connectivity index (χ2n) is 12.2. The first-order chi connectivity index (χ1) is 21.4. The number of ether oxygens (including phenoxy) is 3. The van der Waals surface area contributed by atoms with Gasteiger partial charge in [-0.25, -0.2) is 4.79 Å². The van der Waals surface area contributed by atoms with Crippen LogP contribution in [0.4, 0.5) is 10.5 Å². The fourth-order valence-electron chi connectivity index (χ4n) is 6.24. The Kier molecular flexibility index (Phi) is 10.6. The number of fused-ring (bicyclic) bond motifs is 1. The van der Waals surface area contributed by atoms with Gasteiger partial charge in [-0.2, -0.15) is 0 Å². The zero-order chi connectivity index (χ0) is 31.1. The normalized spacial score (nSPS) is 18.7. The highest BCUT2D eigenvalue weighted by atomic mass is 16.5. The molecule has 1 aliphatic carbocycles. The summed E-state index contributed by atoms with van der Waals surface area (Å²) in [5, 5.41) is 12.2. The number of nitrogens with one attached hydrogen (secondary N) is 3. The predicted octanol–water partition coefficient (Wildman–Crippen LogP) is 5.55. The molecule has 44 heavy (non-hydrogen) atoms. The number of amides is 3. The summed E-state index contributed by atoms with van der Waals surface area (Å²) in [6.45, 7) is 7.37. The fraction of sp³-hybridized carbons (Fsp3) is 0.486. The van der Waals surface area contributed by atoms with Crippen molar-refractivity contribution in [3.05, 3.63) is 66.2 Å². The highest BCUT2D eigenvalue weighted by Gasteiger charge is 2.43. The Morgan fingerprint density at radius 1 is 0.955 bits per heavy atom. The Bertz CT molecular complexity index is 1430. The van der Waals surface area contributed by atoms with Crippen LogP contribution in [0, 0.1) is 17.8 Å². The molecule has 0 bridgehead atoms. The van der Waals surface area contributed by atoms with Gasteiger partial charge in [-0.15, -0.1) is 0 Å². The molecule has 9 heteroatoms. The molecule has 236 valence electrons. The van der Waals surface area contributed by atoms with Gasteiger partial charge in [-0.3, -0.25) is 4.79 Å². The number of rotatable bonds is 14. The van der Waals surface area contributed by atoms with E-state index in [0.29, 0.717) is 42.7 Å². The Hall–Kier alpha value is -3.82. The van der Waals surface area contributed by atoms with Crippen LogP contribution in [0.3, 0.4) is 0 Å². The minimum absolute atomic E-state index is 0.000425. The van der Waals surface area contributed by atoms with Gasteiger partial charge in [0.25, 0.3) is 5.91 Å². The summed E-state index contributed by atoms with van der Waals surface area (Å²) in [4.78, 5) is 29.1. The molecule has 2 fully saturated rings. The molecular formula is C35H46N4O5. The predicted molar refractivity (Wildman–Crippen MR) is 174 cm³/mol. The van der Waals surface area contributed by atoms with Gasteiger partial charge in [0, 0.05) is 63.1 Å². The van der Waals surface area contributed by atoms with Gasteiger partial charge in [0.05, 0.1) is 13.7 Å². The Morgan fingerprint density at radius 2 is 1.75 bits per heavy atom. The summed E-state index contributed by atoms with van der Waals surface area (Å²) in [7, 11) is 3.26. The third kappa shape index (κ3) is 7.81. The quantitative estimate of drug-likeness (QED) is 0.209. The Labute approximate surface area is 260 Å². The molecule has 9 nitrogen and oxygen atoms in total. The minimum Gasteiger partial charge on any atom is -0.493 e. The Balaban J connectivity index is 1.26. The molecule has 0 spiro atoms. The lowest BCUT2D eigenvalue weighted by Crippen LogP contribution is -2.49. The van der Waals surface area contributed by atoms with E-state index in [1.54, 1.807) is 32.4 Å². The van der Waals surface area contributed by atoms with E-state index in [4.69, 9.17) is 14.2 Å². The number of hydrogen-bond donors (Lipinski definition) is 3. The van der Waals surface area contributed by atoms with E-state index >= 15 is 0 Å². The topological polar surface area (TPSA) is 101 Å². The second kappa shape index (κ2) is 14.8. The lowest BCUT2D eigenvalue weighted by molar-refractivity contribution is 0.0651. The first kappa shape index (κ1) is 31.6. The summed E-state index contributed by atoms with van der Waals surface area (Å²) >= 11 is 0. The molecule has 3 amide bonds. The average Bonchev–Trinajstić information content (AvgIpc) is 3.77. The van der Waals surface area contributed by atoms with Crippen LogP contribution in [0.5, 0.6) is 11.5 Å². The molecule has 1 saturated heterocycles. The van der Waals surface area contributed by atoms with E-state index in [1.807, 2.05) is 41.3 Å². The van der Waals surface area contributed by atoms with Crippen molar-refractivity contribution in [3.8, 4) is 11.5 Å². The standard InChI is InChI=1S/C35H46N4O5/c1-23(2)39(34(40)27-13-15-31(43-4)32(19-27)44-17-7-16-42-3)22-28-20-36-21-30(28)33(25-10-11-25)38-35(41)37-29-14-12-24-8-5-6-9-26(24)18-29/h5-6,8-9,12-15,18-19,23,25,28,30,33,36H,7,10-11,16-17,20-22H2,1-4H3,(H2,37,38,41)/t28-,30+,33?/m0/s1. The number of anilines is 1. The number of methoxy groups -OCH3 is 2. The monoisotopic (exact) mass is 602 g/mol. The average molecular weight is 603 g/mol. The number of urea groups is 1. The van der Waals surface area contributed by atoms with Gasteiger partial charge in [0.15, 0.2) is 11.5 Å². The van der Waals surface area contributed by atoms with Crippen LogP contribution >= 0.6 is 0 Å². The van der Waals surface area contributed by atoms with Crippen molar-refractivity contribution < 1.29 is 23.8 Å². The summed E-state index contributed by atoms with van der Waals surface area (Å²) < 4.78 is 16.5. The van der Waals surface area contributed by atoms with Crippen molar-refractivity contribution in [2.24, 2.45) is 17.8 Å². The maximum absolute atomic E-state index is 13.9. The molecule has 0 radical (unpaired) electrons. The van der Waals surface area contributed by atoms with Gasteiger partial charge in [-0.1, -0.05) is 30.3 Å². The van der Waals surface area contributed by atoms with Crippen molar-refractivity contribution in [2.45, 2.75) is 45.2 Å². The Morgan fingerprint density at radius 3 is 2.48 bits per heavy atom. The van der Waals surface area contributed by atoms with Gasteiger partial charge >= 0.3 is 6.03 Å². The smallest absolute Gasteiger partial charge is 0.319 e. The van der Waals surface area contributed by atoms with Crippen LogP contribution in [0.2, 0.25) is 0 Å². The van der Waals surface area contributed by atoms with Gasteiger partial charge < -0.3 is 35.1 Å². The molecule has 3 aromatic carbocycles. The second-order valence-corrected chi connectivity index (χ2v) is 12.2. The van der Waals surface area contributed by atoms with Crippen LogP contribution in [0.25, 0.3) is 10.8 Å². The maximum Gasteiger partial charge on any atom is 0.319 e. The van der Waals surface area contributed by atoms with E-state index in [-0.39, 0.29) is 35.9 Å². The van der Waals surface area contributed by atoms with Gasteiger partial charge in [-0.05, 0) is 85.5 Å². The lowest BCUT2D eigenvalue weighted by atomic mass is 9.85. The fourth-order valence-corrected chi connectivity index (χ4v) is 6.24. The molecular weight excluding hydrogens is 556 g/mol. The highest BCUT2D eigenvalue weighted by molar-refractivity contribution is 5.95. The van der Waals surface area contributed by atoms with Crippen molar-refractivity contribution in [3.63, 3.8) is 0 Å². The molecule has 1 unspecified atom stereocenters. The maximum atomic E-state index is 13.9. The van der Waals surface area contributed by atoms with Gasteiger partial charge in [0.2, 0.25) is 0 Å². The van der Waals surface area contributed by atoms with Crippen molar-refractivity contribution in [1.29, 1.82) is 0 Å². The van der Waals surface area contributed by atoms with E-state index < -0.39 is 0 Å². The van der Waals surface area contributed by atoms with Crippen LogP contribution < -0.4 is 25.4 Å². The molecule has 0 aromatic heterocycles. The molecule has 3 atom stereocenters. The first-order valence-electron chi connectivity index (χ1n) is 15.8. The van der Waals surface area contributed by atoms with E-state index in [2.05, 4.69) is 35.9 Å². The molecule has 2 aliphatic rings. The van der Waals surface area contributed by atoms with Crippen molar-refractivity contribution >= 4 is 28.4 Å². The summed E-state index contributed by atoms with van der Waals surface area (Å²) in [5.41, 5.74) is 1.34. The zero-order valence-corrected chi connectivity index (χ0v) is 26.3. The molecule has 3 N–H and O–H groups in total. The molecule has 3 aromatic rings. The van der Waals surface area contributed by atoms with Crippen LogP contribution in [-0.4, -0.2) is 76.0 Å². The van der Waals surface area contributed by atoms with Gasteiger partial charge in [0.1, 0.15) is 0 Å². The van der Waals surface area contributed by atoms with E-state index in [1.165, 1.54) is 0 Å². The number of carbonyl (C=O) groups is 2. The van der Waals surface area contributed by atoms with Crippen LogP contribution in [0.15, 0.2) is 60.7 Å². The van der Waals surface area contributed by atoms with E-state index in [0.717, 1.165) is 48.8 Å². The molecule has 1 heterocycles. The van der Waals surface area contributed by atoms with Crippen molar-refractivity contribution in [2.75, 3.05) is 52.4 Å². The molecule has 1 saturated carbocycles. The zero-order valence-electron chi connectivity index (χ0n) is 26.3. The third-order valence-electron chi connectivity index (χ3n) is 8.76. The number of hydrogen-bond acceptors (Lipinski definition) is 6. The summed E-state index contributed by atoms with van der Waals surface area (Å²) in [5.74, 6) is 1.97. The number of benzene rings is 3. The number of carbonyl (C=O) groups excluding carboxylic acids is 2. The minimum atomic E-state index is -0.184. The SMILES string of the molecule is COCCCOc1cc(C(=O)N(C[C@@H]2CNC[C@H]2C(NC(=O)Nc2ccc3ccccc3c2)C2CC2)C(C)C)ccc1OC. The summed E-state index contributed by atoms with van der Waals surface area (Å²) in [6.07, 6.45) is 2.95. The largest absolute Gasteiger partial charge is 0.493 e. The van der Waals surface area contributed by atoms with Crippen LogP contribution in [0.1, 0.15) is 43.5 Å². The molecule has 1 aliphatic heterocycles. The van der Waals surface area contributed by atoms with E-state index in [9.17, 15) is 9.59 Å². The third-order valence-corrected chi connectivity index (χ3v) is 8.76. The number of nitrogens with zero attached hydrogens (tertiary/aromatic N) is 1.